The van der Waals surface area contributed by atoms with Crippen molar-refractivity contribution in [3.05, 3.63) is 52.1 Å². The summed E-state index contributed by atoms with van der Waals surface area (Å²) in [4.78, 5) is 14.6. The molecular formula is C14H15N3O4. The van der Waals surface area contributed by atoms with Crippen molar-refractivity contribution in [3.8, 4) is 11.6 Å². The molecule has 0 unspecified atom stereocenters. The minimum atomic E-state index is -0.556. The summed E-state index contributed by atoms with van der Waals surface area (Å²) in [5.41, 5.74) is 0.298. The molecule has 0 amide bonds. The number of nitro groups is 1. The Balaban J connectivity index is 2.40. The Labute approximate surface area is 121 Å². The Hall–Kier alpha value is -2.67. The third-order valence-corrected chi connectivity index (χ3v) is 2.74. The van der Waals surface area contributed by atoms with Crippen LogP contribution in [0.5, 0.6) is 11.6 Å². The molecule has 0 bridgehead atoms. The molecule has 0 spiro atoms. The first-order chi connectivity index (χ1) is 10.2. The van der Waals surface area contributed by atoms with Gasteiger partial charge in [0.1, 0.15) is 11.6 Å². The molecule has 1 aromatic carbocycles. The quantitative estimate of drug-likeness (QED) is 0.626. The first kappa shape index (κ1) is 14.7. The number of aliphatic hydroxyl groups is 1. The summed E-state index contributed by atoms with van der Waals surface area (Å²) in [7, 11) is 0. The van der Waals surface area contributed by atoms with Gasteiger partial charge in [0.2, 0.25) is 0 Å². The van der Waals surface area contributed by atoms with Crippen molar-refractivity contribution in [1.82, 2.24) is 4.98 Å². The molecular weight excluding hydrogens is 274 g/mol. The van der Waals surface area contributed by atoms with E-state index in [4.69, 9.17) is 4.74 Å². The van der Waals surface area contributed by atoms with Crippen molar-refractivity contribution in [2.45, 2.75) is 13.5 Å². The lowest BCUT2D eigenvalue weighted by Crippen LogP contribution is -2.03. The number of aliphatic hydroxyl groups excluding tert-OH is 1. The minimum Gasteiger partial charge on any atom is -0.433 e. The van der Waals surface area contributed by atoms with Gasteiger partial charge in [0.25, 0.3) is 0 Å². The summed E-state index contributed by atoms with van der Waals surface area (Å²) in [6, 6.07) is 9.62. The highest BCUT2D eigenvalue weighted by molar-refractivity contribution is 5.51. The Morgan fingerprint density at radius 2 is 2.10 bits per heavy atom. The van der Waals surface area contributed by atoms with Crippen LogP contribution in [0, 0.1) is 10.1 Å². The lowest BCUT2D eigenvalue weighted by molar-refractivity contribution is -0.386. The molecule has 2 aromatic rings. The molecule has 21 heavy (non-hydrogen) atoms. The zero-order valence-electron chi connectivity index (χ0n) is 11.4. The monoisotopic (exact) mass is 289 g/mol. The van der Waals surface area contributed by atoms with E-state index in [1.165, 1.54) is 12.1 Å². The van der Waals surface area contributed by atoms with Gasteiger partial charge < -0.3 is 15.2 Å². The number of rotatable bonds is 6. The Morgan fingerprint density at radius 3 is 2.76 bits per heavy atom. The Kier molecular flexibility index (Phi) is 4.68. The van der Waals surface area contributed by atoms with E-state index >= 15 is 0 Å². The van der Waals surface area contributed by atoms with Crippen LogP contribution in [0.2, 0.25) is 0 Å². The Morgan fingerprint density at radius 1 is 1.33 bits per heavy atom. The molecule has 0 aliphatic rings. The molecule has 110 valence electrons. The highest BCUT2D eigenvalue weighted by Crippen LogP contribution is 2.32. The highest BCUT2D eigenvalue weighted by atomic mass is 16.6. The van der Waals surface area contributed by atoms with Crippen LogP contribution in [-0.4, -0.2) is 21.6 Å². The molecule has 2 N–H and O–H groups in total. The maximum Gasteiger partial charge on any atom is 0.331 e. The molecule has 0 saturated carbocycles. The number of anilines is 1. The number of pyridine rings is 1. The standard InChI is InChI=1S/C14H15N3O4/c1-2-15-13-8-7-11(17(19)20)14(16-13)21-12-6-4-3-5-10(12)9-18/h3-8,18H,2,9H2,1H3,(H,15,16). The van der Waals surface area contributed by atoms with E-state index in [0.717, 1.165) is 0 Å². The second-order valence-electron chi connectivity index (χ2n) is 4.18. The van der Waals surface area contributed by atoms with Crippen LogP contribution in [-0.2, 0) is 6.61 Å². The summed E-state index contributed by atoms with van der Waals surface area (Å²) < 4.78 is 5.53. The molecule has 7 nitrogen and oxygen atoms in total. The van der Waals surface area contributed by atoms with Gasteiger partial charge in [-0.1, -0.05) is 18.2 Å². The van der Waals surface area contributed by atoms with Crippen LogP contribution in [0.25, 0.3) is 0 Å². The molecule has 1 aromatic heterocycles. The Bertz CT molecular complexity index is 646. The normalized spacial score (nSPS) is 10.2. The number of ether oxygens (including phenoxy) is 1. The number of aromatic nitrogens is 1. The summed E-state index contributed by atoms with van der Waals surface area (Å²) >= 11 is 0. The third kappa shape index (κ3) is 3.46. The van der Waals surface area contributed by atoms with Crippen LogP contribution >= 0.6 is 0 Å². The second kappa shape index (κ2) is 6.67. The first-order valence-electron chi connectivity index (χ1n) is 6.41. The van der Waals surface area contributed by atoms with Gasteiger partial charge in [0.05, 0.1) is 11.5 Å². The molecule has 0 fully saturated rings. The molecule has 2 rings (SSSR count). The van der Waals surface area contributed by atoms with Crippen LogP contribution in [0.3, 0.4) is 0 Å². The smallest absolute Gasteiger partial charge is 0.331 e. The summed E-state index contributed by atoms with van der Waals surface area (Å²) in [6.07, 6.45) is 0. The van der Waals surface area contributed by atoms with E-state index in [-0.39, 0.29) is 18.2 Å². The first-order valence-corrected chi connectivity index (χ1v) is 6.41. The number of nitrogens with zero attached hydrogens (tertiary/aromatic N) is 2. The van der Waals surface area contributed by atoms with Crippen LogP contribution < -0.4 is 10.1 Å². The summed E-state index contributed by atoms with van der Waals surface area (Å²) in [5, 5.41) is 23.3. The van der Waals surface area contributed by atoms with E-state index in [0.29, 0.717) is 23.7 Å². The molecule has 0 saturated heterocycles. The van der Waals surface area contributed by atoms with Crippen LogP contribution in [0.1, 0.15) is 12.5 Å². The average molecular weight is 289 g/mol. The van der Waals surface area contributed by atoms with E-state index in [1.54, 1.807) is 24.3 Å². The van der Waals surface area contributed by atoms with Crippen LogP contribution in [0.4, 0.5) is 11.5 Å². The van der Waals surface area contributed by atoms with E-state index in [1.807, 2.05) is 6.92 Å². The number of nitrogens with one attached hydrogen (secondary N) is 1. The minimum absolute atomic E-state index is 0.112. The molecule has 7 heteroatoms. The fourth-order valence-electron chi connectivity index (χ4n) is 1.76. The average Bonchev–Trinajstić information content (AvgIpc) is 2.48. The molecule has 1 heterocycles. The molecule has 0 atom stereocenters. The van der Waals surface area contributed by atoms with Crippen molar-refractivity contribution in [2.75, 3.05) is 11.9 Å². The predicted octanol–water partition coefficient (Wildman–Crippen LogP) is 2.71. The second-order valence-corrected chi connectivity index (χ2v) is 4.18. The predicted molar refractivity (Wildman–Crippen MR) is 77.5 cm³/mol. The van der Waals surface area contributed by atoms with Crippen molar-refractivity contribution in [1.29, 1.82) is 0 Å². The molecule has 0 radical (unpaired) electrons. The fraction of sp³-hybridized carbons (Fsp3) is 0.214. The zero-order valence-corrected chi connectivity index (χ0v) is 11.4. The molecule has 0 aliphatic carbocycles. The number of hydrogen-bond donors (Lipinski definition) is 2. The van der Waals surface area contributed by atoms with Gasteiger partial charge in [-0.2, -0.15) is 4.98 Å². The van der Waals surface area contributed by atoms with Crippen molar-refractivity contribution >= 4 is 11.5 Å². The fourth-order valence-corrected chi connectivity index (χ4v) is 1.76. The van der Waals surface area contributed by atoms with Gasteiger partial charge in [-0.05, 0) is 19.1 Å². The largest absolute Gasteiger partial charge is 0.433 e. The lowest BCUT2D eigenvalue weighted by atomic mass is 10.2. The highest BCUT2D eigenvalue weighted by Gasteiger charge is 2.19. The zero-order chi connectivity index (χ0) is 15.2. The van der Waals surface area contributed by atoms with E-state index in [9.17, 15) is 15.2 Å². The number of benzene rings is 1. The SMILES string of the molecule is CCNc1ccc([N+](=O)[O-])c(Oc2ccccc2CO)n1. The van der Waals surface area contributed by atoms with Gasteiger partial charge in [0, 0.05) is 18.2 Å². The maximum absolute atomic E-state index is 11.1. The van der Waals surface area contributed by atoms with Gasteiger partial charge in [-0.3, -0.25) is 10.1 Å². The van der Waals surface area contributed by atoms with E-state index in [2.05, 4.69) is 10.3 Å². The van der Waals surface area contributed by atoms with Crippen molar-refractivity contribution in [3.63, 3.8) is 0 Å². The summed E-state index contributed by atoms with van der Waals surface area (Å²) in [6.45, 7) is 2.30. The molecule has 0 aliphatic heterocycles. The topological polar surface area (TPSA) is 97.5 Å². The number of hydrogen-bond acceptors (Lipinski definition) is 6. The van der Waals surface area contributed by atoms with Gasteiger partial charge >= 0.3 is 11.6 Å². The van der Waals surface area contributed by atoms with Gasteiger partial charge in [-0.15, -0.1) is 0 Å². The number of para-hydroxylation sites is 1. The van der Waals surface area contributed by atoms with Crippen molar-refractivity contribution < 1.29 is 14.8 Å². The lowest BCUT2D eigenvalue weighted by Gasteiger charge is -2.10. The van der Waals surface area contributed by atoms with E-state index < -0.39 is 4.92 Å². The van der Waals surface area contributed by atoms with Gasteiger partial charge in [-0.25, -0.2) is 0 Å². The van der Waals surface area contributed by atoms with Crippen LogP contribution in [0.15, 0.2) is 36.4 Å². The summed E-state index contributed by atoms with van der Waals surface area (Å²) in [5.74, 6) is 0.711. The van der Waals surface area contributed by atoms with Crippen molar-refractivity contribution in [2.24, 2.45) is 0 Å². The van der Waals surface area contributed by atoms with Gasteiger partial charge in [0.15, 0.2) is 0 Å². The third-order valence-electron chi connectivity index (χ3n) is 2.74. The maximum atomic E-state index is 11.1.